The number of halogens is 2. The van der Waals surface area contributed by atoms with Crippen molar-refractivity contribution in [2.75, 3.05) is 30.3 Å². The van der Waals surface area contributed by atoms with Crippen LogP contribution in [-0.2, 0) is 10.0 Å². The fourth-order valence-corrected chi connectivity index (χ4v) is 3.83. The van der Waals surface area contributed by atoms with Crippen LogP contribution in [0.25, 0.3) is 0 Å². The van der Waals surface area contributed by atoms with Crippen LogP contribution in [0.4, 0.5) is 11.8 Å². The zero-order chi connectivity index (χ0) is 18.4. The van der Waals surface area contributed by atoms with Crippen LogP contribution in [-0.4, -0.2) is 38.0 Å². The molecule has 2 rings (SSSR count). The maximum Gasteiger partial charge on any atom is 0.242 e. The number of hydrogen-bond donors (Lipinski definition) is 3. The molecule has 0 saturated carbocycles. The van der Waals surface area contributed by atoms with Gasteiger partial charge in [0, 0.05) is 36.4 Å². The van der Waals surface area contributed by atoms with E-state index >= 15 is 0 Å². The van der Waals surface area contributed by atoms with Crippen LogP contribution in [0.15, 0.2) is 29.2 Å². The Morgan fingerprint density at radius 2 is 1.84 bits per heavy atom. The largest absolute Gasteiger partial charge is 0.369 e. The summed E-state index contributed by atoms with van der Waals surface area (Å²) >= 11 is 11.8. The van der Waals surface area contributed by atoms with Gasteiger partial charge in [-0.05, 0) is 32.0 Å². The lowest BCUT2D eigenvalue weighted by molar-refractivity contribution is 0.583. The number of aromatic nitrogens is 2. The van der Waals surface area contributed by atoms with Crippen molar-refractivity contribution >= 4 is 45.0 Å². The van der Waals surface area contributed by atoms with Gasteiger partial charge < -0.3 is 10.6 Å². The second kappa shape index (κ2) is 8.66. The normalized spacial score (nSPS) is 11.4. The maximum atomic E-state index is 12.3. The van der Waals surface area contributed by atoms with Crippen LogP contribution in [0.2, 0.25) is 10.0 Å². The molecule has 0 amide bonds. The zero-order valence-electron chi connectivity index (χ0n) is 13.8. The van der Waals surface area contributed by atoms with Crippen molar-refractivity contribution in [1.29, 1.82) is 0 Å². The number of sulfonamides is 1. The van der Waals surface area contributed by atoms with Gasteiger partial charge in [0.15, 0.2) is 0 Å². The maximum absolute atomic E-state index is 12.3. The summed E-state index contributed by atoms with van der Waals surface area (Å²) in [5, 5.41) is 6.51. The molecule has 0 aliphatic carbocycles. The van der Waals surface area contributed by atoms with Crippen molar-refractivity contribution in [2.24, 2.45) is 0 Å². The first-order valence-corrected chi connectivity index (χ1v) is 9.84. The van der Waals surface area contributed by atoms with E-state index in [1.165, 1.54) is 18.2 Å². The number of benzene rings is 1. The predicted octanol–water partition coefficient (Wildman–Crippen LogP) is 2.91. The van der Waals surface area contributed by atoms with E-state index in [2.05, 4.69) is 25.3 Å². The van der Waals surface area contributed by atoms with E-state index in [1.807, 2.05) is 13.8 Å². The third-order valence-electron chi connectivity index (χ3n) is 3.10. The highest BCUT2D eigenvalue weighted by molar-refractivity contribution is 7.89. The number of nitrogens with one attached hydrogen (secondary N) is 3. The molecule has 3 N–H and O–H groups in total. The lowest BCUT2D eigenvalue weighted by atomic mass is 10.4. The van der Waals surface area contributed by atoms with E-state index in [1.54, 1.807) is 6.07 Å². The van der Waals surface area contributed by atoms with E-state index in [9.17, 15) is 8.42 Å². The van der Waals surface area contributed by atoms with Crippen molar-refractivity contribution < 1.29 is 8.42 Å². The smallest absolute Gasteiger partial charge is 0.242 e. The Bertz CT molecular complexity index is 846. The molecule has 10 heteroatoms. The predicted molar refractivity (Wildman–Crippen MR) is 101 cm³/mol. The van der Waals surface area contributed by atoms with Gasteiger partial charge in [0.25, 0.3) is 0 Å². The Hall–Kier alpha value is -1.61. The quantitative estimate of drug-likeness (QED) is 0.586. The summed E-state index contributed by atoms with van der Waals surface area (Å²) in [6.45, 7) is 5.03. The molecule has 2 aromatic rings. The van der Waals surface area contributed by atoms with Gasteiger partial charge in [-0.15, -0.1) is 0 Å². The number of rotatable bonds is 8. The monoisotopic (exact) mass is 403 g/mol. The summed E-state index contributed by atoms with van der Waals surface area (Å²) in [6.07, 6.45) is 0. The minimum absolute atomic E-state index is 0.0472. The summed E-state index contributed by atoms with van der Waals surface area (Å²) in [5.41, 5.74) is 0.805. The summed E-state index contributed by atoms with van der Waals surface area (Å²) in [5.74, 6) is 1.14. The molecule has 0 spiro atoms. The molecule has 0 unspecified atom stereocenters. The minimum Gasteiger partial charge on any atom is -0.369 e. The molecule has 1 heterocycles. The molecule has 0 fully saturated rings. The Labute approximate surface area is 157 Å². The van der Waals surface area contributed by atoms with Gasteiger partial charge in [0.1, 0.15) is 10.7 Å². The highest BCUT2D eigenvalue weighted by atomic mass is 35.5. The molecule has 0 radical (unpaired) electrons. The Morgan fingerprint density at radius 3 is 2.56 bits per heavy atom. The van der Waals surface area contributed by atoms with Gasteiger partial charge in [0.2, 0.25) is 16.0 Å². The summed E-state index contributed by atoms with van der Waals surface area (Å²) in [7, 11) is -3.74. The van der Waals surface area contributed by atoms with Gasteiger partial charge in [-0.3, -0.25) is 0 Å². The van der Waals surface area contributed by atoms with Crippen LogP contribution in [0, 0.1) is 6.92 Å². The molecule has 0 atom stereocenters. The number of nitrogens with zero attached hydrogens (tertiary/aromatic N) is 2. The fourth-order valence-electron chi connectivity index (χ4n) is 2.03. The van der Waals surface area contributed by atoms with Gasteiger partial charge in [-0.2, -0.15) is 4.98 Å². The highest BCUT2D eigenvalue weighted by Gasteiger charge is 2.17. The first-order chi connectivity index (χ1) is 11.8. The van der Waals surface area contributed by atoms with Crippen molar-refractivity contribution in [3.8, 4) is 0 Å². The number of aryl methyl sites for hydroxylation is 1. The Morgan fingerprint density at radius 1 is 1.08 bits per heavy atom. The van der Waals surface area contributed by atoms with Crippen LogP contribution in [0.5, 0.6) is 0 Å². The molecule has 1 aromatic carbocycles. The van der Waals surface area contributed by atoms with Crippen LogP contribution >= 0.6 is 23.2 Å². The van der Waals surface area contributed by atoms with Crippen molar-refractivity contribution in [3.05, 3.63) is 40.0 Å². The third kappa shape index (κ3) is 5.71. The molecular formula is C15H19Cl2N5O2S. The number of hydrogen-bond acceptors (Lipinski definition) is 6. The lowest BCUT2D eigenvalue weighted by Crippen LogP contribution is -2.29. The molecule has 0 aliphatic heterocycles. The zero-order valence-corrected chi connectivity index (χ0v) is 16.1. The molecule has 0 aliphatic rings. The van der Waals surface area contributed by atoms with Crippen molar-refractivity contribution in [1.82, 2.24) is 14.7 Å². The molecule has 25 heavy (non-hydrogen) atoms. The summed E-state index contributed by atoms with van der Waals surface area (Å²) in [4.78, 5) is 8.49. The van der Waals surface area contributed by atoms with E-state index in [0.717, 1.165) is 5.69 Å². The van der Waals surface area contributed by atoms with Crippen LogP contribution < -0.4 is 15.4 Å². The molecule has 136 valence electrons. The van der Waals surface area contributed by atoms with Gasteiger partial charge >= 0.3 is 0 Å². The van der Waals surface area contributed by atoms with E-state index in [0.29, 0.717) is 29.9 Å². The third-order valence-corrected chi connectivity index (χ3v) is 5.27. The lowest BCUT2D eigenvalue weighted by Gasteiger charge is -2.11. The van der Waals surface area contributed by atoms with Gasteiger partial charge in [-0.1, -0.05) is 23.2 Å². The molecule has 0 saturated heterocycles. The van der Waals surface area contributed by atoms with E-state index in [4.69, 9.17) is 23.2 Å². The molecular weight excluding hydrogens is 385 g/mol. The van der Waals surface area contributed by atoms with Crippen molar-refractivity contribution in [2.45, 2.75) is 18.7 Å². The second-order valence-corrected chi connectivity index (χ2v) is 7.73. The van der Waals surface area contributed by atoms with Crippen LogP contribution in [0.1, 0.15) is 12.6 Å². The first kappa shape index (κ1) is 19.7. The standard InChI is InChI=1S/C15H19Cl2N5O2S/c1-3-18-15-21-10(2)8-14(22-15)19-6-7-20-25(23,24)13-9-11(16)4-5-12(13)17/h4-5,8-9,20H,3,6-7H2,1-2H3,(H2,18,19,21,22). The first-order valence-electron chi connectivity index (χ1n) is 7.60. The molecule has 1 aromatic heterocycles. The SMILES string of the molecule is CCNc1nc(C)cc(NCCNS(=O)(=O)c2cc(Cl)ccc2Cl)n1. The van der Waals surface area contributed by atoms with Crippen LogP contribution in [0.3, 0.4) is 0 Å². The topological polar surface area (TPSA) is 96.0 Å². The number of anilines is 2. The molecule has 0 bridgehead atoms. The van der Waals surface area contributed by atoms with Crippen molar-refractivity contribution in [3.63, 3.8) is 0 Å². The Balaban J connectivity index is 1.95. The Kier molecular flexibility index (Phi) is 6.83. The fraction of sp³-hybridized carbons (Fsp3) is 0.333. The second-order valence-electron chi connectivity index (χ2n) is 5.15. The average Bonchev–Trinajstić information content (AvgIpc) is 2.54. The van der Waals surface area contributed by atoms with Gasteiger partial charge in [0.05, 0.1) is 5.02 Å². The van der Waals surface area contributed by atoms with E-state index < -0.39 is 10.0 Å². The summed E-state index contributed by atoms with van der Waals surface area (Å²) in [6, 6.07) is 6.08. The minimum atomic E-state index is -3.74. The highest BCUT2D eigenvalue weighted by Crippen LogP contribution is 2.24. The summed E-state index contributed by atoms with van der Waals surface area (Å²) < 4.78 is 27.1. The average molecular weight is 404 g/mol. The van der Waals surface area contributed by atoms with Gasteiger partial charge in [-0.25, -0.2) is 18.1 Å². The van der Waals surface area contributed by atoms with E-state index in [-0.39, 0.29) is 16.5 Å². The molecule has 7 nitrogen and oxygen atoms in total.